The quantitative estimate of drug-likeness (QED) is 0.701. The number of methoxy groups -OCH3 is 1. The fourth-order valence-corrected chi connectivity index (χ4v) is 2.09. The topological polar surface area (TPSA) is 41.5 Å². The van der Waals surface area contributed by atoms with Crippen LogP contribution in [0.5, 0.6) is 0 Å². The van der Waals surface area contributed by atoms with Gasteiger partial charge in [0.15, 0.2) is 0 Å². The van der Waals surface area contributed by atoms with Crippen LogP contribution in [0.3, 0.4) is 0 Å². The summed E-state index contributed by atoms with van der Waals surface area (Å²) < 4.78 is 5.00. The van der Waals surface area contributed by atoms with Gasteiger partial charge in [-0.15, -0.1) is 0 Å². The van der Waals surface area contributed by atoms with Gasteiger partial charge in [-0.3, -0.25) is 0 Å². The highest BCUT2D eigenvalue weighted by Gasteiger charge is 2.20. The first kappa shape index (κ1) is 14.7. The predicted octanol–water partition coefficient (Wildman–Crippen LogP) is 2.25. The Morgan fingerprint density at radius 2 is 2.24 bits per heavy atom. The van der Waals surface area contributed by atoms with Crippen LogP contribution in [0.15, 0.2) is 12.2 Å². The van der Waals surface area contributed by atoms with E-state index in [0.717, 1.165) is 0 Å². The van der Waals surface area contributed by atoms with E-state index in [1.165, 1.54) is 32.1 Å². The summed E-state index contributed by atoms with van der Waals surface area (Å²) in [6.45, 7) is 3.10. The summed E-state index contributed by atoms with van der Waals surface area (Å²) in [5.41, 5.74) is -0.674. The molecule has 0 fully saturated rings. The average molecular weight is 241 g/mol. The second kappa shape index (κ2) is 7.85. The third kappa shape index (κ3) is 6.81. The van der Waals surface area contributed by atoms with Gasteiger partial charge in [0.25, 0.3) is 0 Å². The summed E-state index contributed by atoms with van der Waals surface area (Å²) in [6, 6.07) is 0.421. The molecule has 0 aliphatic heterocycles. The summed E-state index contributed by atoms with van der Waals surface area (Å²) >= 11 is 0. The van der Waals surface area contributed by atoms with Gasteiger partial charge in [-0.1, -0.05) is 25.0 Å². The molecule has 1 aliphatic carbocycles. The maximum absolute atomic E-state index is 10.1. The average Bonchev–Trinajstić information content (AvgIpc) is 2.25. The summed E-state index contributed by atoms with van der Waals surface area (Å²) in [4.78, 5) is 0. The maximum atomic E-state index is 10.1. The molecule has 3 nitrogen and oxygen atoms in total. The fourth-order valence-electron chi connectivity index (χ4n) is 2.09. The fraction of sp³-hybridized carbons (Fsp3) is 0.857. The molecule has 0 aromatic rings. The Labute approximate surface area is 105 Å². The minimum Gasteiger partial charge on any atom is -0.389 e. The first-order valence-corrected chi connectivity index (χ1v) is 6.75. The molecule has 2 unspecified atom stereocenters. The number of rotatable bonds is 6. The molecule has 1 aliphatic rings. The van der Waals surface area contributed by atoms with Gasteiger partial charge in [0.2, 0.25) is 0 Å². The Morgan fingerprint density at radius 3 is 3.00 bits per heavy atom. The van der Waals surface area contributed by atoms with Crippen molar-refractivity contribution < 1.29 is 9.84 Å². The molecule has 100 valence electrons. The van der Waals surface area contributed by atoms with Gasteiger partial charge in [0.05, 0.1) is 5.60 Å². The van der Waals surface area contributed by atoms with Gasteiger partial charge in [0, 0.05) is 32.7 Å². The van der Waals surface area contributed by atoms with E-state index in [9.17, 15) is 5.11 Å². The molecule has 0 aromatic carbocycles. The smallest absolute Gasteiger partial charge is 0.0765 e. The number of allylic oxidation sites excluding steroid dienone is 1. The summed E-state index contributed by atoms with van der Waals surface area (Å²) in [7, 11) is 1.67. The zero-order chi connectivity index (χ0) is 12.6. The first-order valence-electron chi connectivity index (χ1n) is 6.75. The van der Waals surface area contributed by atoms with Crippen LogP contribution in [0.25, 0.3) is 0 Å². The Morgan fingerprint density at radius 1 is 1.41 bits per heavy atom. The molecule has 0 bridgehead atoms. The van der Waals surface area contributed by atoms with E-state index in [1.807, 2.05) is 6.92 Å². The minimum atomic E-state index is -0.674. The first-order chi connectivity index (χ1) is 8.14. The molecule has 2 atom stereocenters. The van der Waals surface area contributed by atoms with Crippen molar-refractivity contribution in [2.24, 2.45) is 0 Å². The molecule has 2 N–H and O–H groups in total. The molecule has 3 heteroatoms. The van der Waals surface area contributed by atoms with Crippen LogP contribution in [0.2, 0.25) is 0 Å². The minimum absolute atomic E-state index is 0.421. The number of ether oxygens (including phenoxy) is 1. The lowest BCUT2D eigenvalue weighted by molar-refractivity contribution is 0.0235. The number of aliphatic hydroxyl groups is 1. The zero-order valence-electron chi connectivity index (χ0n) is 11.2. The zero-order valence-corrected chi connectivity index (χ0v) is 11.2. The normalized spacial score (nSPS) is 26.9. The number of hydrogen-bond donors (Lipinski definition) is 2. The van der Waals surface area contributed by atoms with Gasteiger partial charge >= 0.3 is 0 Å². The van der Waals surface area contributed by atoms with Crippen LogP contribution >= 0.6 is 0 Å². The monoisotopic (exact) mass is 241 g/mol. The third-order valence-electron chi connectivity index (χ3n) is 3.34. The van der Waals surface area contributed by atoms with Crippen LogP contribution in [-0.2, 0) is 4.74 Å². The standard InChI is InChI=1S/C14H27NO2/c1-14(16,10-11-17-2)12-15-13-8-6-4-3-5-7-9-13/h6,8,13,15-16H,3-5,7,9-12H2,1-2H3/b8-6+. The molecule has 0 saturated heterocycles. The molecule has 0 aromatic heterocycles. The summed E-state index contributed by atoms with van der Waals surface area (Å²) in [6.07, 6.45) is 11.5. The van der Waals surface area contributed by atoms with E-state index in [0.29, 0.717) is 25.6 Å². The van der Waals surface area contributed by atoms with Gasteiger partial charge < -0.3 is 15.2 Å². The molecular weight excluding hydrogens is 214 g/mol. The Balaban J connectivity index is 2.29. The van der Waals surface area contributed by atoms with E-state index >= 15 is 0 Å². The molecule has 0 amide bonds. The lowest BCUT2D eigenvalue weighted by Crippen LogP contribution is -2.42. The van der Waals surface area contributed by atoms with E-state index in [-0.39, 0.29) is 0 Å². The number of hydrogen-bond acceptors (Lipinski definition) is 3. The molecule has 0 spiro atoms. The predicted molar refractivity (Wildman–Crippen MR) is 71.1 cm³/mol. The molecule has 1 rings (SSSR count). The van der Waals surface area contributed by atoms with Crippen molar-refractivity contribution in [2.75, 3.05) is 20.3 Å². The van der Waals surface area contributed by atoms with Crippen molar-refractivity contribution >= 4 is 0 Å². The van der Waals surface area contributed by atoms with E-state index < -0.39 is 5.60 Å². The largest absolute Gasteiger partial charge is 0.389 e. The van der Waals surface area contributed by atoms with E-state index in [4.69, 9.17) is 4.74 Å². The van der Waals surface area contributed by atoms with E-state index in [2.05, 4.69) is 17.5 Å². The molecule has 0 radical (unpaired) electrons. The van der Waals surface area contributed by atoms with Crippen LogP contribution < -0.4 is 5.32 Å². The van der Waals surface area contributed by atoms with Crippen molar-refractivity contribution in [2.45, 2.75) is 57.1 Å². The van der Waals surface area contributed by atoms with Crippen molar-refractivity contribution in [3.63, 3.8) is 0 Å². The lowest BCUT2D eigenvalue weighted by atomic mass is 9.99. The molecule has 0 heterocycles. The van der Waals surface area contributed by atoms with Crippen molar-refractivity contribution in [3.8, 4) is 0 Å². The molecular formula is C14H27NO2. The highest BCUT2D eigenvalue weighted by atomic mass is 16.5. The summed E-state index contributed by atoms with van der Waals surface area (Å²) in [5, 5.41) is 13.6. The highest BCUT2D eigenvalue weighted by molar-refractivity contribution is 4.95. The maximum Gasteiger partial charge on any atom is 0.0765 e. The van der Waals surface area contributed by atoms with Crippen LogP contribution in [0.1, 0.15) is 45.4 Å². The van der Waals surface area contributed by atoms with Gasteiger partial charge in [-0.25, -0.2) is 0 Å². The van der Waals surface area contributed by atoms with E-state index in [1.54, 1.807) is 7.11 Å². The summed E-state index contributed by atoms with van der Waals surface area (Å²) in [5.74, 6) is 0. The second-order valence-corrected chi connectivity index (χ2v) is 5.29. The highest BCUT2D eigenvalue weighted by Crippen LogP contribution is 2.13. The van der Waals surface area contributed by atoms with Gasteiger partial charge in [-0.2, -0.15) is 0 Å². The van der Waals surface area contributed by atoms with Crippen molar-refractivity contribution in [3.05, 3.63) is 12.2 Å². The van der Waals surface area contributed by atoms with Crippen LogP contribution in [0.4, 0.5) is 0 Å². The molecule has 0 saturated carbocycles. The van der Waals surface area contributed by atoms with Crippen LogP contribution in [0, 0.1) is 0 Å². The Kier molecular flexibility index (Phi) is 6.78. The molecule has 17 heavy (non-hydrogen) atoms. The van der Waals surface area contributed by atoms with Crippen molar-refractivity contribution in [1.29, 1.82) is 0 Å². The third-order valence-corrected chi connectivity index (χ3v) is 3.34. The SMILES string of the molecule is COCCC(C)(O)CNC1/C=C/CCCCC1. The van der Waals surface area contributed by atoms with Gasteiger partial charge in [0.1, 0.15) is 0 Å². The van der Waals surface area contributed by atoms with Crippen molar-refractivity contribution in [1.82, 2.24) is 5.32 Å². The van der Waals surface area contributed by atoms with Crippen LogP contribution in [-0.4, -0.2) is 37.0 Å². The second-order valence-electron chi connectivity index (χ2n) is 5.29. The lowest BCUT2D eigenvalue weighted by Gasteiger charge is -2.26. The van der Waals surface area contributed by atoms with Gasteiger partial charge in [-0.05, 0) is 26.2 Å². The number of nitrogens with one attached hydrogen (secondary N) is 1. The Bertz CT molecular complexity index is 226. The Hall–Kier alpha value is -0.380.